The SMILES string of the molecule is CCCCCC(C)(C)CNc1ccncc1C. The van der Waals surface area contributed by atoms with Crippen molar-refractivity contribution in [3.8, 4) is 0 Å². The summed E-state index contributed by atoms with van der Waals surface area (Å²) in [5.41, 5.74) is 2.80. The predicted molar refractivity (Wildman–Crippen MR) is 75.4 cm³/mol. The van der Waals surface area contributed by atoms with E-state index in [1.54, 1.807) is 0 Å². The standard InChI is InChI=1S/C15H26N2/c1-5-6-7-9-15(3,4)12-17-14-8-10-16-11-13(14)2/h8,10-11H,5-7,9,12H2,1-4H3,(H,16,17). The number of anilines is 1. The lowest BCUT2D eigenvalue weighted by Crippen LogP contribution is -2.23. The van der Waals surface area contributed by atoms with E-state index in [0.29, 0.717) is 5.41 Å². The third-order valence-electron chi connectivity index (χ3n) is 3.23. The first-order valence-electron chi connectivity index (χ1n) is 6.69. The molecule has 0 aliphatic rings. The van der Waals surface area contributed by atoms with E-state index in [1.165, 1.54) is 36.9 Å². The Balaban J connectivity index is 2.41. The molecule has 1 aromatic heterocycles. The average molecular weight is 234 g/mol. The molecule has 1 aromatic rings. The molecule has 0 bridgehead atoms. The monoisotopic (exact) mass is 234 g/mol. The lowest BCUT2D eigenvalue weighted by Gasteiger charge is -2.26. The number of aryl methyl sites for hydroxylation is 1. The van der Waals surface area contributed by atoms with Gasteiger partial charge in [0.05, 0.1) is 0 Å². The molecule has 0 aliphatic heterocycles. The molecular weight excluding hydrogens is 208 g/mol. The molecule has 0 aromatic carbocycles. The topological polar surface area (TPSA) is 24.9 Å². The maximum absolute atomic E-state index is 4.11. The summed E-state index contributed by atoms with van der Waals surface area (Å²) in [7, 11) is 0. The zero-order valence-corrected chi connectivity index (χ0v) is 11.7. The molecule has 0 fully saturated rings. The lowest BCUT2D eigenvalue weighted by atomic mass is 9.87. The zero-order valence-electron chi connectivity index (χ0n) is 11.7. The van der Waals surface area contributed by atoms with Crippen molar-refractivity contribution < 1.29 is 0 Å². The summed E-state index contributed by atoms with van der Waals surface area (Å²) in [5.74, 6) is 0. The molecule has 96 valence electrons. The van der Waals surface area contributed by atoms with E-state index in [4.69, 9.17) is 0 Å². The van der Waals surface area contributed by atoms with Crippen LogP contribution in [-0.2, 0) is 0 Å². The van der Waals surface area contributed by atoms with Crippen LogP contribution in [0, 0.1) is 12.3 Å². The Hall–Kier alpha value is -1.05. The van der Waals surface area contributed by atoms with Crippen molar-refractivity contribution in [1.29, 1.82) is 0 Å². The van der Waals surface area contributed by atoms with E-state index in [1.807, 2.05) is 12.4 Å². The fraction of sp³-hybridized carbons (Fsp3) is 0.667. The molecule has 0 aliphatic carbocycles. The van der Waals surface area contributed by atoms with E-state index >= 15 is 0 Å². The van der Waals surface area contributed by atoms with E-state index in [-0.39, 0.29) is 0 Å². The van der Waals surface area contributed by atoms with Crippen LogP contribution in [0.2, 0.25) is 0 Å². The van der Waals surface area contributed by atoms with Gasteiger partial charge in [-0.05, 0) is 30.4 Å². The third-order valence-corrected chi connectivity index (χ3v) is 3.23. The van der Waals surface area contributed by atoms with Crippen molar-refractivity contribution in [1.82, 2.24) is 4.98 Å². The Morgan fingerprint density at radius 3 is 2.71 bits per heavy atom. The summed E-state index contributed by atoms with van der Waals surface area (Å²) in [6.45, 7) is 10.1. The quantitative estimate of drug-likeness (QED) is 0.707. The van der Waals surface area contributed by atoms with Gasteiger partial charge in [-0.2, -0.15) is 0 Å². The van der Waals surface area contributed by atoms with Crippen molar-refractivity contribution >= 4 is 5.69 Å². The number of nitrogens with one attached hydrogen (secondary N) is 1. The van der Waals surface area contributed by atoms with Crippen molar-refractivity contribution in [2.75, 3.05) is 11.9 Å². The van der Waals surface area contributed by atoms with Crippen LogP contribution in [-0.4, -0.2) is 11.5 Å². The van der Waals surface area contributed by atoms with Crippen molar-refractivity contribution in [3.63, 3.8) is 0 Å². The van der Waals surface area contributed by atoms with Gasteiger partial charge >= 0.3 is 0 Å². The number of hydrogen-bond donors (Lipinski definition) is 1. The molecule has 1 N–H and O–H groups in total. The summed E-state index contributed by atoms with van der Waals surface area (Å²) >= 11 is 0. The van der Waals surface area contributed by atoms with Crippen LogP contribution in [0.1, 0.15) is 52.0 Å². The molecule has 0 radical (unpaired) electrons. The van der Waals surface area contributed by atoms with Crippen LogP contribution in [0.4, 0.5) is 5.69 Å². The van der Waals surface area contributed by atoms with Crippen LogP contribution in [0.5, 0.6) is 0 Å². The Labute approximate surface area is 106 Å². The first kappa shape index (κ1) is 14.0. The van der Waals surface area contributed by atoms with Crippen molar-refractivity contribution in [2.24, 2.45) is 5.41 Å². The van der Waals surface area contributed by atoms with Crippen molar-refractivity contribution in [2.45, 2.75) is 53.4 Å². The van der Waals surface area contributed by atoms with Gasteiger partial charge in [0.25, 0.3) is 0 Å². The zero-order chi connectivity index (χ0) is 12.7. The van der Waals surface area contributed by atoms with Crippen molar-refractivity contribution in [3.05, 3.63) is 24.0 Å². The van der Waals surface area contributed by atoms with Gasteiger partial charge in [-0.25, -0.2) is 0 Å². The maximum atomic E-state index is 4.11. The Morgan fingerprint density at radius 2 is 2.06 bits per heavy atom. The molecule has 1 heterocycles. The predicted octanol–water partition coefficient (Wildman–Crippen LogP) is 4.41. The minimum atomic E-state index is 0.366. The average Bonchev–Trinajstić information content (AvgIpc) is 2.28. The number of nitrogens with zero attached hydrogens (tertiary/aromatic N) is 1. The highest BCUT2D eigenvalue weighted by Crippen LogP contribution is 2.25. The van der Waals surface area contributed by atoms with Crippen LogP contribution in [0.15, 0.2) is 18.5 Å². The molecule has 0 unspecified atom stereocenters. The molecule has 1 rings (SSSR count). The van der Waals surface area contributed by atoms with Crippen LogP contribution < -0.4 is 5.32 Å². The van der Waals surface area contributed by atoms with Gasteiger partial charge in [0.15, 0.2) is 0 Å². The molecular formula is C15H26N2. The summed E-state index contributed by atoms with van der Waals surface area (Å²) in [5, 5.41) is 3.54. The fourth-order valence-corrected chi connectivity index (χ4v) is 1.95. The maximum Gasteiger partial charge on any atom is 0.0400 e. The summed E-state index contributed by atoms with van der Waals surface area (Å²) in [4.78, 5) is 4.11. The van der Waals surface area contributed by atoms with Gasteiger partial charge in [-0.3, -0.25) is 4.98 Å². The molecule has 0 amide bonds. The minimum Gasteiger partial charge on any atom is -0.384 e. The number of aromatic nitrogens is 1. The highest BCUT2D eigenvalue weighted by molar-refractivity contribution is 5.48. The smallest absolute Gasteiger partial charge is 0.0400 e. The molecule has 0 atom stereocenters. The van der Waals surface area contributed by atoms with Gasteiger partial charge in [0, 0.05) is 24.6 Å². The van der Waals surface area contributed by atoms with Crippen LogP contribution in [0.25, 0.3) is 0 Å². The molecule has 2 nitrogen and oxygen atoms in total. The molecule has 0 saturated carbocycles. The highest BCUT2D eigenvalue weighted by Gasteiger charge is 2.17. The summed E-state index contributed by atoms with van der Waals surface area (Å²) < 4.78 is 0. The minimum absolute atomic E-state index is 0.366. The number of unbranched alkanes of at least 4 members (excludes halogenated alkanes) is 2. The Bertz CT molecular complexity index is 331. The second-order valence-electron chi connectivity index (χ2n) is 5.67. The largest absolute Gasteiger partial charge is 0.384 e. The molecule has 0 spiro atoms. The first-order chi connectivity index (χ1) is 8.05. The Morgan fingerprint density at radius 1 is 1.29 bits per heavy atom. The summed E-state index contributed by atoms with van der Waals surface area (Å²) in [6, 6.07) is 2.05. The summed E-state index contributed by atoms with van der Waals surface area (Å²) in [6.07, 6.45) is 9.02. The second-order valence-corrected chi connectivity index (χ2v) is 5.67. The molecule has 2 heteroatoms. The number of rotatable bonds is 7. The van der Waals surface area contributed by atoms with Crippen LogP contribution >= 0.6 is 0 Å². The fourth-order valence-electron chi connectivity index (χ4n) is 1.95. The van der Waals surface area contributed by atoms with E-state index < -0.39 is 0 Å². The second kappa shape index (κ2) is 6.63. The normalized spacial score (nSPS) is 11.5. The van der Waals surface area contributed by atoms with Gasteiger partial charge in [-0.15, -0.1) is 0 Å². The van der Waals surface area contributed by atoms with Gasteiger partial charge < -0.3 is 5.32 Å². The number of pyridine rings is 1. The van der Waals surface area contributed by atoms with Crippen LogP contribution in [0.3, 0.4) is 0 Å². The number of hydrogen-bond acceptors (Lipinski definition) is 2. The van der Waals surface area contributed by atoms with Gasteiger partial charge in [0.2, 0.25) is 0 Å². The van der Waals surface area contributed by atoms with E-state index in [9.17, 15) is 0 Å². The highest BCUT2D eigenvalue weighted by atomic mass is 14.9. The van der Waals surface area contributed by atoms with Gasteiger partial charge in [0.1, 0.15) is 0 Å². The molecule has 0 saturated heterocycles. The lowest BCUT2D eigenvalue weighted by molar-refractivity contribution is 0.342. The van der Waals surface area contributed by atoms with E-state index in [0.717, 1.165) is 6.54 Å². The third kappa shape index (κ3) is 5.20. The Kier molecular flexibility index (Phi) is 5.46. The first-order valence-corrected chi connectivity index (χ1v) is 6.69. The van der Waals surface area contributed by atoms with Gasteiger partial charge in [-0.1, -0.05) is 40.0 Å². The van der Waals surface area contributed by atoms with E-state index in [2.05, 4.69) is 44.1 Å². The molecule has 17 heavy (non-hydrogen) atoms.